The highest BCUT2D eigenvalue weighted by molar-refractivity contribution is 9.10. The quantitative estimate of drug-likeness (QED) is 0.803. The van der Waals surface area contributed by atoms with Gasteiger partial charge < -0.3 is 0 Å². The van der Waals surface area contributed by atoms with Gasteiger partial charge in [-0.25, -0.2) is 9.18 Å². The Morgan fingerprint density at radius 3 is 2.88 bits per heavy atom. The molecule has 17 heavy (non-hydrogen) atoms. The minimum absolute atomic E-state index is 0.0873. The van der Waals surface area contributed by atoms with Gasteiger partial charge >= 0.3 is 5.69 Å². The molecule has 0 aliphatic carbocycles. The Morgan fingerprint density at radius 2 is 2.18 bits per heavy atom. The third-order valence-corrected chi connectivity index (χ3v) is 3.45. The lowest BCUT2D eigenvalue weighted by atomic mass is 10.2. The predicted octanol–water partition coefficient (Wildman–Crippen LogP) is 1.61. The second-order valence-corrected chi connectivity index (χ2v) is 4.74. The van der Waals surface area contributed by atoms with E-state index in [2.05, 4.69) is 26.3 Å². The molecule has 3 rings (SSSR count). The van der Waals surface area contributed by atoms with Crippen LogP contribution in [0.3, 0.4) is 0 Å². The van der Waals surface area contributed by atoms with Gasteiger partial charge in [-0.05, 0) is 22.0 Å². The van der Waals surface area contributed by atoms with Crippen molar-refractivity contribution < 1.29 is 4.39 Å². The number of aromatic nitrogens is 2. The van der Waals surface area contributed by atoms with E-state index in [1.54, 1.807) is 25.2 Å². The number of hydrazine groups is 1. The average molecular weight is 299 g/mol. The summed E-state index contributed by atoms with van der Waals surface area (Å²) in [5, 5.41) is 2.35. The summed E-state index contributed by atoms with van der Waals surface area (Å²) in [5.74, 6) is 0.0451. The largest absolute Gasteiger partial charge is 0.349 e. The lowest BCUT2D eigenvalue weighted by Crippen LogP contribution is -2.25. The van der Waals surface area contributed by atoms with Crippen molar-refractivity contribution in [2.24, 2.45) is 7.05 Å². The number of rotatable bonds is 0. The summed E-state index contributed by atoms with van der Waals surface area (Å²) < 4.78 is 15.6. The molecule has 0 amide bonds. The van der Waals surface area contributed by atoms with Crippen LogP contribution in [0.4, 0.5) is 15.9 Å². The van der Waals surface area contributed by atoms with Crippen molar-refractivity contribution in [3.63, 3.8) is 0 Å². The first-order chi connectivity index (χ1) is 8.00. The van der Waals surface area contributed by atoms with Crippen LogP contribution < -0.4 is 16.1 Å². The molecule has 0 radical (unpaired) electrons. The first-order valence-corrected chi connectivity index (χ1v) is 5.69. The summed E-state index contributed by atoms with van der Waals surface area (Å²) in [4.78, 5) is 15.4. The van der Waals surface area contributed by atoms with Crippen LogP contribution in [0.25, 0.3) is 10.9 Å². The Morgan fingerprint density at radius 1 is 1.47 bits per heavy atom. The van der Waals surface area contributed by atoms with Gasteiger partial charge in [-0.3, -0.25) is 15.0 Å². The highest BCUT2D eigenvalue weighted by Crippen LogP contribution is 2.39. The number of halogens is 2. The number of nitrogens with one attached hydrogen (secondary N) is 1. The molecule has 0 spiro atoms. The Hall–Kier alpha value is -1.63. The molecule has 0 fully saturated rings. The van der Waals surface area contributed by atoms with Crippen LogP contribution in [0.5, 0.6) is 0 Å². The molecule has 2 heterocycles. The molecule has 1 aliphatic heterocycles. The van der Waals surface area contributed by atoms with Crippen molar-refractivity contribution >= 4 is 38.3 Å². The molecule has 5 nitrogen and oxygen atoms in total. The molecule has 0 unspecified atom stereocenters. The number of hydrogen-bond donors (Lipinski definition) is 1. The van der Waals surface area contributed by atoms with Gasteiger partial charge in [-0.1, -0.05) is 0 Å². The number of anilines is 2. The number of benzene rings is 1. The molecular weight excluding hydrogens is 291 g/mol. The molecule has 7 heteroatoms. The van der Waals surface area contributed by atoms with Crippen LogP contribution in [0.2, 0.25) is 0 Å². The highest BCUT2D eigenvalue weighted by atomic mass is 79.9. The predicted molar refractivity (Wildman–Crippen MR) is 66.7 cm³/mol. The van der Waals surface area contributed by atoms with E-state index >= 15 is 0 Å². The Kier molecular flexibility index (Phi) is 1.97. The minimum Gasteiger partial charge on any atom is -0.289 e. The van der Waals surface area contributed by atoms with E-state index in [1.165, 1.54) is 4.57 Å². The van der Waals surface area contributed by atoms with Crippen molar-refractivity contribution in [2.45, 2.75) is 0 Å². The molecule has 2 aromatic rings. The van der Waals surface area contributed by atoms with Crippen molar-refractivity contribution in [1.29, 1.82) is 0 Å². The molecule has 1 aliphatic rings. The van der Waals surface area contributed by atoms with Crippen LogP contribution in [-0.4, -0.2) is 16.6 Å². The van der Waals surface area contributed by atoms with Gasteiger partial charge in [-0.2, -0.15) is 4.98 Å². The van der Waals surface area contributed by atoms with Gasteiger partial charge in [0.05, 0.1) is 15.5 Å². The molecule has 1 N–H and O–H groups in total. The lowest BCUT2D eigenvalue weighted by molar-refractivity contribution is 0.628. The smallest absolute Gasteiger partial charge is 0.289 e. The standard InChI is InChI=1S/C10H8BrFN4O/c1-15-9-6-5(16(2)14-9)3-4(11)7(12)8(6)13-10(15)17/h3,14H,1-2H3. The van der Waals surface area contributed by atoms with E-state index in [1.807, 2.05) is 0 Å². The summed E-state index contributed by atoms with van der Waals surface area (Å²) in [6.07, 6.45) is 0. The van der Waals surface area contributed by atoms with E-state index in [9.17, 15) is 9.18 Å². The van der Waals surface area contributed by atoms with Gasteiger partial charge in [0.25, 0.3) is 0 Å². The lowest BCUT2D eigenvalue weighted by Gasteiger charge is -2.13. The van der Waals surface area contributed by atoms with Crippen molar-refractivity contribution in [3.05, 3.63) is 26.8 Å². The monoisotopic (exact) mass is 298 g/mol. The van der Waals surface area contributed by atoms with Crippen LogP contribution in [0.15, 0.2) is 15.3 Å². The normalized spacial score (nSPS) is 13.3. The second kappa shape index (κ2) is 3.19. The first kappa shape index (κ1) is 10.5. The molecular formula is C10H8BrFN4O. The van der Waals surface area contributed by atoms with Crippen LogP contribution in [-0.2, 0) is 7.05 Å². The molecule has 0 saturated carbocycles. The molecule has 1 aromatic heterocycles. The molecule has 0 bridgehead atoms. The fraction of sp³-hybridized carbons (Fsp3) is 0.200. The zero-order valence-corrected chi connectivity index (χ0v) is 10.7. The van der Waals surface area contributed by atoms with Gasteiger partial charge in [0.1, 0.15) is 11.3 Å². The van der Waals surface area contributed by atoms with E-state index in [-0.39, 0.29) is 5.52 Å². The summed E-state index contributed by atoms with van der Waals surface area (Å²) in [6.45, 7) is 0. The Bertz CT molecular complexity index is 712. The van der Waals surface area contributed by atoms with Crippen LogP contribution in [0, 0.1) is 5.82 Å². The molecule has 0 atom stereocenters. The van der Waals surface area contributed by atoms with Crippen LogP contribution >= 0.6 is 15.9 Å². The summed E-state index contributed by atoms with van der Waals surface area (Å²) in [7, 11) is 3.39. The van der Waals surface area contributed by atoms with E-state index in [4.69, 9.17) is 0 Å². The first-order valence-electron chi connectivity index (χ1n) is 4.90. The fourth-order valence-corrected chi connectivity index (χ4v) is 2.39. The number of hydrogen-bond acceptors (Lipinski definition) is 4. The van der Waals surface area contributed by atoms with Crippen LogP contribution in [0.1, 0.15) is 0 Å². The average Bonchev–Trinajstić information content (AvgIpc) is 2.60. The molecule has 1 aromatic carbocycles. The summed E-state index contributed by atoms with van der Waals surface area (Å²) >= 11 is 3.12. The van der Waals surface area contributed by atoms with Crippen molar-refractivity contribution in [2.75, 3.05) is 17.5 Å². The van der Waals surface area contributed by atoms with Gasteiger partial charge in [0.15, 0.2) is 5.82 Å². The Balaban J connectivity index is 2.61. The maximum atomic E-state index is 13.9. The van der Waals surface area contributed by atoms with E-state index in [0.29, 0.717) is 15.7 Å². The highest BCUT2D eigenvalue weighted by Gasteiger charge is 2.25. The number of nitrogens with zero attached hydrogens (tertiary/aromatic N) is 3. The Labute approximate surface area is 104 Å². The second-order valence-electron chi connectivity index (χ2n) is 3.89. The SMILES string of the molecule is CN1Nc2c3c1cc(Br)c(F)c3nc(=O)n2C. The minimum atomic E-state index is -0.514. The third-order valence-electron chi connectivity index (χ3n) is 2.88. The zero-order chi connectivity index (χ0) is 12.3. The topological polar surface area (TPSA) is 50.2 Å². The van der Waals surface area contributed by atoms with Gasteiger partial charge in [0, 0.05) is 14.1 Å². The molecule has 88 valence electrons. The summed E-state index contributed by atoms with van der Waals surface area (Å²) in [5.41, 5.74) is 3.39. The maximum absolute atomic E-state index is 13.9. The fourth-order valence-electron chi connectivity index (χ4n) is 1.99. The van der Waals surface area contributed by atoms with E-state index < -0.39 is 11.5 Å². The van der Waals surface area contributed by atoms with E-state index in [0.717, 1.165) is 5.69 Å². The summed E-state index contributed by atoms with van der Waals surface area (Å²) in [6, 6.07) is 1.66. The van der Waals surface area contributed by atoms with Gasteiger partial charge in [-0.15, -0.1) is 0 Å². The third kappa shape index (κ3) is 1.22. The van der Waals surface area contributed by atoms with Gasteiger partial charge in [0.2, 0.25) is 0 Å². The van der Waals surface area contributed by atoms with Crippen molar-refractivity contribution in [3.8, 4) is 0 Å². The zero-order valence-electron chi connectivity index (χ0n) is 9.08. The maximum Gasteiger partial charge on any atom is 0.349 e. The van der Waals surface area contributed by atoms with Crippen molar-refractivity contribution in [1.82, 2.24) is 9.55 Å². The molecule has 0 saturated heterocycles.